The molecule has 208 valence electrons. The van der Waals surface area contributed by atoms with Gasteiger partial charge in [-0.1, -0.05) is 56.3 Å². The van der Waals surface area contributed by atoms with Crippen LogP contribution in [0, 0.1) is 5.92 Å². The van der Waals surface area contributed by atoms with Gasteiger partial charge >= 0.3 is 5.97 Å². The quantitative estimate of drug-likeness (QED) is 0.183. The minimum absolute atomic E-state index is 0.116. The number of aliphatic carboxylic acids is 1. The van der Waals surface area contributed by atoms with Crippen molar-refractivity contribution in [3.8, 4) is 5.75 Å². The number of nitrogens with two attached hydrogens (primary N) is 1. The number of hydrogen-bond donors (Lipinski definition) is 5. The van der Waals surface area contributed by atoms with Crippen LogP contribution in [0.1, 0.15) is 35.5 Å². The summed E-state index contributed by atoms with van der Waals surface area (Å²) in [6.45, 7) is 4.28. The molecule has 1 heterocycles. The molecule has 0 fully saturated rings. The summed E-state index contributed by atoms with van der Waals surface area (Å²) in [5.41, 5.74) is 8.13. The van der Waals surface area contributed by atoms with Crippen molar-refractivity contribution in [3.05, 3.63) is 90.0 Å². The number of aromatic amines is 1. The molecular formula is C30H33N5O5. The number of H-pyrrole nitrogens is 1. The van der Waals surface area contributed by atoms with Crippen molar-refractivity contribution >= 4 is 34.2 Å². The monoisotopic (exact) mass is 543 g/mol. The summed E-state index contributed by atoms with van der Waals surface area (Å²) in [5, 5.41) is 17.2. The zero-order valence-corrected chi connectivity index (χ0v) is 22.4. The second-order valence-electron chi connectivity index (χ2n) is 10.0. The first-order chi connectivity index (χ1) is 19.2. The first-order valence-corrected chi connectivity index (χ1v) is 13.0. The SMILES string of the molecule is CC(C)COc1cc(C(=O)N[C@@H](Cc2ccc3ccccc3c2)C(=O)O)ccc1NC(=O)[C@@H](N)Cc1cnc[nH]1. The van der Waals surface area contributed by atoms with Gasteiger partial charge in [0, 0.05) is 30.3 Å². The summed E-state index contributed by atoms with van der Waals surface area (Å²) >= 11 is 0. The van der Waals surface area contributed by atoms with Crippen LogP contribution in [-0.2, 0) is 22.4 Å². The van der Waals surface area contributed by atoms with Crippen LogP contribution in [0.5, 0.6) is 5.75 Å². The van der Waals surface area contributed by atoms with Crippen molar-refractivity contribution in [2.45, 2.75) is 38.8 Å². The van der Waals surface area contributed by atoms with Crippen LogP contribution >= 0.6 is 0 Å². The van der Waals surface area contributed by atoms with Crippen molar-refractivity contribution in [1.82, 2.24) is 15.3 Å². The number of carboxylic acids is 1. The molecule has 0 radical (unpaired) electrons. The number of carboxylic acid groups (broad SMARTS) is 1. The lowest BCUT2D eigenvalue weighted by Crippen LogP contribution is -2.42. The molecule has 0 saturated carbocycles. The summed E-state index contributed by atoms with van der Waals surface area (Å²) in [4.78, 5) is 44.7. The van der Waals surface area contributed by atoms with Crippen LogP contribution in [0.15, 0.2) is 73.2 Å². The highest BCUT2D eigenvalue weighted by molar-refractivity contribution is 6.00. The van der Waals surface area contributed by atoms with Crippen LogP contribution in [0.2, 0.25) is 0 Å². The van der Waals surface area contributed by atoms with Crippen molar-refractivity contribution in [3.63, 3.8) is 0 Å². The zero-order valence-electron chi connectivity index (χ0n) is 22.4. The largest absolute Gasteiger partial charge is 0.491 e. The highest BCUT2D eigenvalue weighted by atomic mass is 16.5. The van der Waals surface area contributed by atoms with Gasteiger partial charge in [0.2, 0.25) is 5.91 Å². The first-order valence-electron chi connectivity index (χ1n) is 13.0. The number of rotatable bonds is 12. The lowest BCUT2D eigenvalue weighted by Gasteiger charge is -2.18. The predicted molar refractivity (Wildman–Crippen MR) is 152 cm³/mol. The van der Waals surface area contributed by atoms with Gasteiger partial charge in [-0.3, -0.25) is 9.59 Å². The number of nitrogens with zero attached hydrogens (tertiary/aromatic N) is 1. The van der Waals surface area contributed by atoms with Gasteiger partial charge in [0.05, 0.1) is 24.7 Å². The number of amides is 2. The maximum Gasteiger partial charge on any atom is 0.326 e. The van der Waals surface area contributed by atoms with E-state index >= 15 is 0 Å². The summed E-state index contributed by atoms with van der Waals surface area (Å²) in [6, 6.07) is 16.0. The van der Waals surface area contributed by atoms with Crippen molar-refractivity contribution in [1.29, 1.82) is 0 Å². The molecule has 0 bridgehead atoms. The molecule has 0 aliphatic rings. The molecule has 2 atom stereocenters. The van der Waals surface area contributed by atoms with Gasteiger partial charge in [-0.05, 0) is 40.5 Å². The molecule has 10 nitrogen and oxygen atoms in total. The summed E-state index contributed by atoms with van der Waals surface area (Å²) < 4.78 is 5.90. The van der Waals surface area contributed by atoms with E-state index in [9.17, 15) is 19.5 Å². The molecule has 4 rings (SSSR count). The van der Waals surface area contributed by atoms with E-state index in [0.717, 1.165) is 22.0 Å². The fraction of sp³-hybridized carbons (Fsp3) is 0.267. The Kier molecular flexibility index (Phi) is 9.13. The lowest BCUT2D eigenvalue weighted by molar-refractivity contribution is -0.139. The molecule has 0 unspecified atom stereocenters. The van der Waals surface area contributed by atoms with Gasteiger partial charge in [0.25, 0.3) is 5.91 Å². The molecule has 6 N–H and O–H groups in total. The van der Waals surface area contributed by atoms with Gasteiger partial charge in [0.15, 0.2) is 0 Å². The normalized spacial score (nSPS) is 12.6. The molecular weight excluding hydrogens is 510 g/mol. The topological polar surface area (TPSA) is 159 Å². The van der Waals surface area contributed by atoms with E-state index in [4.69, 9.17) is 10.5 Å². The van der Waals surface area contributed by atoms with Crippen LogP contribution in [0.4, 0.5) is 5.69 Å². The number of fused-ring (bicyclic) bond motifs is 1. The molecule has 10 heteroatoms. The highest BCUT2D eigenvalue weighted by Crippen LogP contribution is 2.27. The van der Waals surface area contributed by atoms with Crippen molar-refractivity contribution in [2.24, 2.45) is 11.7 Å². The minimum Gasteiger partial charge on any atom is -0.491 e. The van der Waals surface area contributed by atoms with Gasteiger partial charge in [-0.2, -0.15) is 0 Å². The molecule has 3 aromatic carbocycles. The summed E-state index contributed by atoms with van der Waals surface area (Å²) in [6.07, 6.45) is 3.49. The van der Waals surface area contributed by atoms with E-state index in [1.165, 1.54) is 18.5 Å². The van der Waals surface area contributed by atoms with Crippen LogP contribution in [0.25, 0.3) is 10.8 Å². The third-order valence-electron chi connectivity index (χ3n) is 6.26. The standard InChI is InChI=1S/C30H33N5O5/c1-18(2)16-40-27-13-22(9-10-25(27)34-29(37)24(31)14-23-15-32-17-33-23)28(36)35-26(30(38)39)12-19-7-8-20-5-3-4-6-21(20)11-19/h3-11,13,15,17-18,24,26H,12,14,16,31H2,1-2H3,(H,32,33)(H,34,37)(H,35,36)(H,38,39)/t24-,26-/m0/s1. The first kappa shape index (κ1) is 28.3. The minimum atomic E-state index is -1.15. The number of nitrogens with one attached hydrogen (secondary N) is 3. The van der Waals surface area contributed by atoms with Crippen LogP contribution in [0.3, 0.4) is 0 Å². The Morgan fingerprint density at radius 1 is 1.02 bits per heavy atom. The molecule has 0 aliphatic heterocycles. The number of carbonyl (C=O) groups excluding carboxylic acids is 2. The van der Waals surface area contributed by atoms with Gasteiger partial charge in [0.1, 0.15) is 11.8 Å². The maximum atomic E-state index is 13.1. The number of anilines is 1. The number of hydrogen-bond acceptors (Lipinski definition) is 6. The third kappa shape index (κ3) is 7.45. The summed E-state index contributed by atoms with van der Waals surface area (Å²) in [7, 11) is 0. The van der Waals surface area contributed by atoms with E-state index in [1.807, 2.05) is 56.3 Å². The molecule has 2 amide bonds. The van der Waals surface area contributed by atoms with Gasteiger partial charge < -0.3 is 31.2 Å². The Morgan fingerprint density at radius 2 is 1.80 bits per heavy atom. The Balaban J connectivity index is 1.49. The van der Waals surface area contributed by atoms with E-state index < -0.39 is 29.9 Å². The second kappa shape index (κ2) is 12.9. The molecule has 1 aromatic heterocycles. The molecule has 0 spiro atoms. The van der Waals surface area contributed by atoms with E-state index in [2.05, 4.69) is 20.6 Å². The van der Waals surface area contributed by atoms with E-state index in [0.29, 0.717) is 12.3 Å². The maximum absolute atomic E-state index is 13.1. The Labute approximate surface area is 232 Å². The Hall–Kier alpha value is -4.70. The number of ether oxygens (including phenoxy) is 1. The highest BCUT2D eigenvalue weighted by Gasteiger charge is 2.23. The number of aromatic nitrogens is 2. The van der Waals surface area contributed by atoms with Gasteiger partial charge in [-0.15, -0.1) is 0 Å². The number of imidazole rings is 1. The van der Waals surface area contributed by atoms with E-state index in [1.54, 1.807) is 12.3 Å². The molecule has 40 heavy (non-hydrogen) atoms. The third-order valence-corrected chi connectivity index (χ3v) is 6.26. The smallest absolute Gasteiger partial charge is 0.326 e. The van der Waals surface area contributed by atoms with Gasteiger partial charge in [-0.25, -0.2) is 9.78 Å². The number of carbonyl (C=O) groups is 3. The predicted octanol–water partition coefficient (Wildman–Crippen LogP) is 3.53. The molecule has 4 aromatic rings. The lowest BCUT2D eigenvalue weighted by atomic mass is 10.0. The average Bonchev–Trinajstić information content (AvgIpc) is 3.44. The van der Waals surface area contributed by atoms with E-state index in [-0.39, 0.29) is 30.1 Å². The number of benzene rings is 3. The second-order valence-corrected chi connectivity index (χ2v) is 10.0. The zero-order chi connectivity index (χ0) is 28.6. The van der Waals surface area contributed by atoms with Crippen molar-refractivity contribution < 1.29 is 24.2 Å². The van der Waals surface area contributed by atoms with Crippen LogP contribution < -0.4 is 21.1 Å². The Morgan fingerprint density at radius 3 is 2.50 bits per heavy atom. The fourth-order valence-corrected chi connectivity index (χ4v) is 4.14. The average molecular weight is 544 g/mol. The Bertz CT molecular complexity index is 1490. The van der Waals surface area contributed by atoms with Crippen molar-refractivity contribution in [2.75, 3.05) is 11.9 Å². The summed E-state index contributed by atoms with van der Waals surface area (Å²) in [5.74, 6) is -1.68. The fourth-order valence-electron chi connectivity index (χ4n) is 4.14. The molecule has 0 saturated heterocycles. The molecule has 0 aliphatic carbocycles. The van der Waals surface area contributed by atoms with Crippen LogP contribution in [-0.4, -0.2) is 51.5 Å².